The molecule has 2 N–H and O–H groups in total. The number of carbonyl (C=O) groups excluding carboxylic acids is 1. The molecule has 0 aromatic rings. The summed E-state index contributed by atoms with van der Waals surface area (Å²) in [6.45, 7) is 6.44. The molecule has 3 nitrogen and oxygen atoms in total. The third kappa shape index (κ3) is 3.05. The van der Waals surface area contributed by atoms with Gasteiger partial charge >= 0.3 is 0 Å². The molecule has 1 saturated heterocycles. The molecular formula is C15H28N2O. The molecule has 1 heterocycles. The second-order valence-corrected chi connectivity index (χ2v) is 6.28. The predicted octanol–water partition coefficient (Wildman–Crippen LogP) is 2.46. The average Bonchev–Trinajstić information content (AvgIpc) is 2.37. The summed E-state index contributed by atoms with van der Waals surface area (Å²) in [6.07, 6.45) is 7.11. The van der Waals surface area contributed by atoms with E-state index in [4.69, 9.17) is 0 Å². The van der Waals surface area contributed by atoms with Gasteiger partial charge in [0.05, 0.1) is 0 Å². The molecule has 0 spiro atoms. The van der Waals surface area contributed by atoms with Crippen molar-refractivity contribution in [3.8, 4) is 0 Å². The first-order valence-corrected chi connectivity index (χ1v) is 7.68. The van der Waals surface area contributed by atoms with Crippen molar-refractivity contribution in [3.63, 3.8) is 0 Å². The molecule has 1 aliphatic heterocycles. The Balaban J connectivity index is 2.01. The molecule has 2 rings (SSSR count). The lowest BCUT2D eigenvalue weighted by molar-refractivity contribution is -0.130. The highest BCUT2D eigenvalue weighted by molar-refractivity contribution is 5.79. The minimum absolute atomic E-state index is 0.237. The van der Waals surface area contributed by atoms with Crippen LogP contribution in [0.2, 0.25) is 0 Å². The maximum atomic E-state index is 12.4. The Hall–Kier alpha value is -0.570. The van der Waals surface area contributed by atoms with E-state index < -0.39 is 0 Å². The Labute approximate surface area is 111 Å². The number of hydrogen-bond acceptors (Lipinski definition) is 2. The SMILES string of the molecule is CC[C@H](C)NC(=O)[C@@H]1C[C@H](C)N[C@H]2CCCC[C@H]21. The van der Waals surface area contributed by atoms with E-state index in [-0.39, 0.29) is 5.92 Å². The Morgan fingerprint density at radius 3 is 2.83 bits per heavy atom. The molecule has 5 atom stereocenters. The molecular weight excluding hydrogens is 224 g/mol. The summed E-state index contributed by atoms with van der Waals surface area (Å²) >= 11 is 0. The molecule has 0 bridgehead atoms. The lowest BCUT2D eigenvalue weighted by Gasteiger charge is -2.44. The number of rotatable bonds is 3. The number of piperidine rings is 1. The van der Waals surface area contributed by atoms with Crippen LogP contribution in [0.4, 0.5) is 0 Å². The Morgan fingerprint density at radius 2 is 2.11 bits per heavy atom. The van der Waals surface area contributed by atoms with Crippen LogP contribution in [-0.2, 0) is 4.79 Å². The highest BCUT2D eigenvalue weighted by Crippen LogP contribution is 2.36. The van der Waals surface area contributed by atoms with Gasteiger partial charge in [-0.25, -0.2) is 0 Å². The van der Waals surface area contributed by atoms with Crippen molar-refractivity contribution in [2.45, 2.75) is 77.4 Å². The lowest BCUT2D eigenvalue weighted by atomic mass is 9.71. The van der Waals surface area contributed by atoms with E-state index in [0.29, 0.717) is 30.0 Å². The molecule has 1 amide bonds. The Morgan fingerprint density at radius 1 is 1.39 bits per heavy atom. The van der Waals surface area contributed by atoms with Crippen LogP contribution >= 0.6 is 0 Å². The van der Waals surface area contributed by atoms with Crippen molar-refractivity contribution < 1.29 is 4.79 Å². The van der Waals surface area contributed by atoms with Gasteiger partial charge in [0, 0.05) is 24.0 Å². The second kappa shape index (κ2) is 6.05. The fourth-order valence-electron chi connectivity index (χ4n) is 3.59. The minimum atomic E-state index is 0.237. The molecule has 0 aromatic carbocycles. The summed E-state index contributed by atoms with van der Waals surface area (Å²) in [5, 5.41) is 6.88. The fourth-order valence-corrected chi connectivity index (χ4v) is 3.59. The number of amides is 1. The summed E-state index contributed by atoms with van der Waals surface area (Å²) in [6, 6.07) is 1.37. The van der Waals surface area contributed by atoms with Gasteiger partial charge < -0.3 is 10.6 Å². The van der Waals surface area contributed by atoms with Crippen LogP contribution in [0.25, 0.3) is 0 Å². The zero-order valence-electron chi connectivity index (χ0n) is 12.0. The maximum Gasteiger partial charge on any atom is 0.223 e. The first-order valence-electron chi connectivity index (χ1n) is 7.68. The van der Waals surface area contributed by atoms with Gasteiger partial charge in [-0.3, -0.25) is 4.79 Å². The number of hydrogen-bond donors (Lipinski definition) is 2. The van der Waals surface area contributed by atoms with Crippen molar-refractivity contribution in [2.75, 3.05) is 0 Å². The van der Waals surface area contributed by atoms with E-state index in [1.165, 1.54) is 25.7 Å². The average molecular weight is 252 g/mol. The van der Waals surface area contributed by atoms with Crippen molar-refractivity contribution in [1.29, 1.82) is 0 Å². The van der Waals surface area contributed by atoms with Crippen LogP contribution in [0, 0.1) is 11.8 Å². The summed E-state index contributed by atoms with van der Waals surface area (Å²) in [5.41, 5.74) is 0. The normalized spacial score (nSPS) is 37.7. The Bertz CT molecular complexity index is 292. The maximum absolute atomic E-state index is 12.4. The molecule has 18 heavy (non-hydrogen) atoms. The smallest absolute Gasteiger partial charge is 0.223 e. The van der Waals surface area contributed by atoms with Crippen LogP contribution in [0.3, 0.4) is 0 Å². The fraction of sp³-hybridized carbons (Fsp3) is 0.933. The highest BCUT2D eigenvalue weighted by atomic mass is 16.2. The second-order valence-electron chi connectivity index (χ2n) is 6.28. The molecule has 2 fully saturated rings. The largest absolute Gasteiger partial charge is 0.353 e. The monoisotopic (exact) mass is 252 g/mol. The number of carbonyl (C=O) groups is 1. The van der Waals surface area contributed by atoms with Crippen molar-refractivity contribution >= 4 is 5.91 Å². The van der Waals surface area contributed by atoms with E-state index in [0.717, 1.165) is 12.8 Å². The third-order valence-electron chi connectivity index (χ3n) is 4.78. The molecule has 104 valence electrons. The topological polar surface area (TPSA) is 41.1 Å². The highest BCUT2D eigenvalue weighted by Gasteiger charge is 2.40. The molecule has 1 saturated carbocycles. The van der Waals surface area contributed by atoms with E-state index in [1.807, 2.05) is 0 Å². The van der Waals surface area contributed by atoms with Crippen LogP contribution in [0.1, 0.15) is 59.3 Å². The molecule has 0 unspecified atom stereocenters. The van der Waals surface area contributed by atoms with Gasteiger partial charge in [-0.05, 0) is 45.4 Å². The van der Waals surface area contributed by atoms with Gasteiger partial charge in [-0.15, -0.1) is 0 Å². The standard InChI is InChI=1S/C15H28N2O/c1-4-10(2)17-15(18)13-9-11(3)16-14-8-6-5-7-12(13)14/h10-14,16H,4-9H2,1-3H3,(H,17,18)/t10-,11-,12-,13+,14-/m0/s1. The molecule has 0 radical (unpaired) electrons. The Kier molecular flexibility index (Phi) is 4.66. The van der Waals surface area contributed by atoms with Gasteiger partial charge in [-0.2, -0.15) is 0 Å². The van der Waals surface area contributed by atoms with E-state index in [9.17, 15) is 4.79 Å². The minimum Gasteiger partial charge on any atom is -0.353 e. The van der Waals surface area contributed by atoms with Gasteiger partial charge in [0.25, 0.3) is 0 Å². The molecule has 0 aromatic heterocycles. The summed E-state index contributed by atoms with van der Waals surface area (Å²) in [4.78, 5) is 12.4. The molecule has 3 heteroatoms. The summed E-state index contributed by atoms with van der Waals surface area (Å²) in [5.74, 6) is 1.11. The van der Waals surface area contributed by atoms with Gasteiger partial charge in [0.2, 0.25) is 5.91 Å². The van der Waals surface area contributed by atoms with Crippen LogP contribution in [0.5, 0.6) is 0 Å². The van der Waals surface area contributed by atoms with E-state index >= 15 is 0 Å². The third-order valence-corrected chi connectivity index (χ3v) is 4.78. The number of nitrogens with one attached hydrogen (secondary N) is 2. The zero-order valence-corrected chi connectivity index (χ0v) is 12.0. The first kappa shape index (κ1) is 13.9. The number of fused-ring (bicyclic) bond motifs is 1. The predicted molar refractivity (Wildman–Crippen MR) is 74.3 cm³/mol. The van der Waals surface area contributed by atoms with Crippen LogP contribution in [0.15, 0.2) is 0 Å². The summed E-state index contributed by atoms with van der Waals surface area (Å²) < 4.78 is 0. The van der Waals surface area contributed by atoms with Gasteiger partial charge in [0.15, 0.2) is 0 Å². The quantitative estimate of drug-likeness (QED) is 0.810. The lowest BCUT2D eigenvalue weighted by Crippen LogP contribution is -2.55. The van der Waals surface area contributed by atoms with Crippen molar-refractivity contribution in [2.24, 2.45) is 11.8 Å². The van der Waals surface area contributed by atoms with E-state index in [1.54, 1.807) is 0 Å². The molecule has 2 aliphatic rings. The van der Waals surface area contributed by atoms with Gasteiger partial charge in [-0.1, -0.05) is 19.8 Å². The van der Waals surface area contributed by atoms with Crippen LogP contribution < -0.4 is 10.6 Å². The van der Waals surface area contributed by atoms with Crippen molar-refractivity contribution in [1.82, 2.24) is 10.6 Å². The van der Waals surface area contributed by atoms with E-state index in [2.05, 4.69) is 31.4 Å². The molecule has 1 aliphatic carbocycles. The van der Waals surface area contributed by atoms with Gasteiger partial charge in [0.1, 0.15) is 0 Å². The van der Waals surface area contributed by atoms with Crippen LogP contribution in [-0.4, -0.2) is 24.0 Å². The summed E-state index contributed by atoms with van der Waals surface area (Å²) in [7, 11) is 0. The zero-order chi connectivity index (χ0) is 13.1. The van der Waals surface area contributed by atoms with Crippen molar-refractivity contribution in [3.05, 3.63) is 0 Å². The first-order chi connectivity index (χ1) is 8.61.